The lowest BCUT2D eigenvalue weighted by atomic mass is 9.93. The molecule has 4 rings (SSSR count). The van der Waals surface area contributed by atoms with Crippen LogP contribution in [0.1, 0.15) is 58.5 Å². The summed E-state index contributed by atoms with van der Waals surface area (Å²) in [5.74, 6) is 0.321. The van der Waals surface area contributed by atoms with Crippen molar-refractivity contribution in [3.8, 4) is 28.5 Å². The van der Waals surface area contributed by atoms with Gasteiger partial charge in [-0.05, 0) is 71.1 Å². The molecule has 8 heteroatoms. The van der Waals surface area contributed by atoms with Gasteiger partial charge in [0.05, 0.1) is 17.6 Å². The third kappa shape index (κ3) is 3.52. The molecule has 1 aliphatic rings. The minimum Gasteiger partial charge on any atom is -0.507 e. The molecule has 2 aromatic carbocycles. The van der Waals surface area contributed by atoms with E-state index in [1.807, 2.05) is 30.9 Å². The molecule has 2 heterocycles. The van der Waals surface area contributed by atoms with Crippen molar-refractivity contribution in [2.24, 2.45) is 0 Å². The summed E-state index contributed by atoms with van der Waals surface area (Å²) in [6, 6.07) is 6.88. The summed E-state index contributed by atoms with van der Waals surface area (Å²) in [7, 11) is 1.49. The van der Waals surface area contributed by atoms with Gasteiger partial charge in [0.1, 0.15) is 17.1 Å². The number of phenols is 2. The number of unbranched alkanes of at least 4 members (excludes halogenated alkanes) is 1. The molecule has 3 N–H and O–H groups in total. The minimum atomic E-state index is -0.441. The van der Waals surface area contributed by atoms with Crippen LogP contribution < -0.4 is 4.74 Å². The number of amides is 1. The lowest BCUT2D eigenvalue weighted by Crippen LogP contribution is -2.30. The van der Waals surface area contributed by atoms with Crippen molar-refractivity contribution in [3.05, 3.63) is 56.7 Å². The molecule has 0 spiro atoms. The molecule has 0 saturated carbocycles. The maximum absolute atomic E-state index is 13.4. The van der Waals surface area contributed by atoms with Gasteiger partial charge >= 0.3 is 0 Å². The number of benzene rings is 2. The Bertz CT molecular complexity index is 1200. The Hall–Kier alpha value is -3.00. The Morgan fingerprint density at radius 1 is 1.19 bits per heavy atom. The van der Waals surface area contributed by atoms with Gasteiger partial charge in [0.25, 0.3) is 5.91 Å². The summed E-state index contributed by atoms with van der Waals surface area (Å²) in [6.07, 6.45) is 1.79. The first-order valence-electron chi connectivity index (χ1n) is 10.5. The molecular weight excluding hydrogens is 474 g/mol. The third-order valence-electron chi connectivity index (χ3n) is 5.90. The number of phenolic OH excluding ortho intramolecular Hbond substituents is 2. The van der Waals surface area contributed by atoms with Crippen molar-refractivity contribution in [1.29, 1.82) is 0 Å². The fourth-order valence-corrected chi connectivity index (χ4v) is 4.82. The van der Waals surface area contributed by atoms with E-state index in [1.165, 1.54) is 7.11 Å². The summed E-state index contributed by atoms with van der Waals surface area (Å²) in [4.78, 5) is 15.2. The van der Waals surface area contributed by atoms with Crippen LogP contribution in [0.25, 0.3) is 11.3 Å². The van der Waals surface area contributed by atoms with Gasteiger partial charge in [-0.3, -0.25) is 9.89 Å². The molecule has 1 aromatic heterocycles. The van der Waals surface area contributed by atoms with E-state index in [4.69, 9.17) is 4.74 Å². The number of ether oxygens (including phenoxy) is 1. The number of nitrogens with one attached hydrogen (secondary N) is 1. The average molecular weight is 500 g/mol. The maximum atomic E-state index is 13.4. The second-order valence-corrected chi connectivity index (χ2v) is 9.00. The highest BCUT2D eigenvalue weighted by atomic mass is 79.9. The van der Waals surface area contributed by atoms with Gasteiger partial charge in [0.15, 0.2) is 11.5 Å². The largest absolute Gasteiger partial charge is 0.507 e. The fraction of sp³-hybridized carbons (Fsp3) is 0.333. The molecule has 3 aromatic rings. The SMILES string of the molecule is CCCCN1C(=O)c2[nH]nc(-c3cc(C)cc(C)c3O)c2C1c1cc(Br)c(O)c(OC)c1. The van der Waals surface area contributed by atoms with Crippen LogP contribution in [0, 0.1) is 13.8 Å². The van der Waals surface area contributed by atoms with E-state index in [1.54, 1.807) is 12.1 Å². The minimum absolute atomic E-state index is 0.000255. The lowest BCUT2D eigenvalue weighted by Gasteiger charge is -2.27. The summed E-state index contributed by atoms with van der Waals surface area (Å²) >= 11 is 3.40. The number of aromatic hydroxyl groups is 2. The summed E-state index contributed by atoms with van der Waals surface area (Å²) < 4.78 is 5.83. The molecule has 0 aliphatic carbocycles. The molecule has 1 atom stereocenters. The number of nitrogens with zero attached hydrogens (tertiary/aromatic N) is 2. The van der Waals surface area contributed by atoms with Gasteiger partial charge in [-0.15, -0.1) is 0 Å². The second kappa shape index (κ2) is 8.50. The van der Waals surface area contributed by atoms with Gasteiger partial charge in [0, 0.05) is 17.7 Å². The maximum Gasteiger partial charge on any atom is 0.273 e. The molecule has 1 aliphatic heterocycles. The van der Waals surface area contributed by atoms with Crippen molar-refractivity contribution >= 4 is 21.8 Å². The van der Waals surface area contributed by atoms with Gasteiger partial charge < -0.3 is 19.8 Å². The topological polar surface area (TPSA) is 98.7 Å². The number of halogens is 1. The van der Waals surface area contributed by atoms with Gasteiger partial charge in [-0.1, -0.05) is 19.4 Å². The Balaban J connectivity index is 1.96. The first-order chi connectivity index (χ1) is 15.3. The molecule has 1 unspecified atom stereocenters. The van der Waals surface area contributed by atoms with Gasteiger partial charge in [-0.25, -0.2) is 0 Å². The van der Waals surface area contributed by atoms with Crippen LogP contribution in [0.15, 0.2) is 28.7 Å². The standard InChI is InChI=1S/C24H26BrN3O4/c1-5-6-7-28-21(14-10-16(25)23(30)17(11-14)32-4)18-19(26-27-20(18)24(28)31)15-9-12(2)8-13(3)22(15)29/h8-11,21,29-30H,5-7H2,1-4H3,(H,26,27). The molecule has 168 valence electrons. The Morgan fingerprint density at radius 2 is 1.94 bits per heavy atom. The van der Waals surface area contributed by atoms with Crippen LogP contribution in [0.4, 0.5) is 0 Å². The van der Waals surface area contributed by atoms with E-state index in [0.717, 1.165) is 29.5 Å². The highest BCUT2D eigenvalue weighted by Gasteiger charge is 2.42. The number of carbonyl (C=O) groups excluding carboxylic acids is 1. The Kier molecular flexibility index (Phi) is 5.90. The van der Waals surface area contributed by atoms with Crippen molar-refractivity contribution in [2.45, 2.75) is 39.7 Å². The number of aromatic nitrogens is 2. The van der Waals surface area contributed by atoms with Crippen molar-refractivity contribution in [1.82, 2.24) is 15.1 Å². The zero-order valence-corrected chi connectivity index (χ0v) is 20.1. The Labute approximate surface area is 195 Å². The van der Waals surface area contributed by atoms with E-state index in [-0.39, 0.29) is 17.4 Å². The van der Waals surface area contributed by atoms with E-state index in [2.05, 4.69) is 33.1 Å². The fourth-order valence-electron chi connectivity index (χ4n) is 4.36. The number of hydrogen-bond donors (Lipinski definition) is 3. The molecular formula is C24H26BrN3O4. The van der Waals surface area contributed by atoms with Crippen molar-refractivity contribution in [3.63, 3.8) is 0 Å². The van der Waals surface area contributed by atoms with Gasteiger partial charge in [0.2, 0.25) is 0 Å². The van der Waals surface area contributed by atoms with Crippen LogP contribution >= 0.6 is 15.9 Å². The Morgan fingerprint density at radius 3 is 2.62 bits per heavy atom. The van der Waals surface area contributed by atoms with Crippen LogP contribution in [-0.4, -0.2) is 44.9 Å². The van der Waals surface area contributed by atoms with Crippen molar-refractivity contribution in [2.75, 3.05) is 13.7 Å². The smallest absolute Gasteiger partial charge is 0.273 e. The molecule has 7 nitrogen and oxygen atoms in total. The zero-order chi connectivity index (χ0) is 23.2. The highest BCUT2D eigenvalue weighted by molar-refractivity contribution is 9.10. The highest BCUT2D eigenvalue weighted by Crippen LogP contribution is 2.47. The molecule has 0 fully saturated rings. The monoisotopic (exact) mass is 499 g/mol. The number of fused-ring (bicyclic) bond motifs is 1. The molecule has 0 bridgehead atoms. The van der Waals surface area contributed by atoms with E-state index in [9.17, 15) is 15.0 Å². The van der Waals surface area contributed by atoms with Crippen LogP contribution in [-0.2, 0) is 0 Å². The quantitative estimate of drug-likeness (QED) is 0.431. The van der Waals surface area contributed by atoms with E-state index >= 15 is 0 Å². The molecule has 0 radical (unpaired) electrons. The van der Waals surface area contributed by atoms with Crippen LogP contribution in [0.2, 0.25) is 0 Å². The van der Waals surface area contributed by atoms with Gasteiger partial charge in [-0.2, -0.15) is 5.10 Å². The predicted molar refractivity (Wildman–Crippen MR) is 125 cm³/mol. The molecule has 0 saturated heterocycles. The lowest BCUT2D eigenvalue weighted by molar-refractivity contribution is 0.0741. The second-order valence-electron chi connectivity index (χ2n) is 8.15. The van der Waals surface area contributed by atoms with Crippen LogP contribution in [0.3, 0.4) is 0 Å². The number of methoxy groups -OCH3 is 1. The number of aryl methyl sites for hydroxylation is 2. The summed E-state index contributed by atoms with van der Waals surface area (Å²) in [5.41, 5.74) is 4.78. The zero-order valence-electron chi connectivity index (χ0n) is 18.5. The normalized spacial score (nSPS) is 15.3. The number of H-pyrrole nitrogens is 1. The van der Waals surface area contributed by atoms with Crippen LogP contribution in [0.5, 0.6) is 17.2 Å². The van der Waals surface area contributed by atoms with E-state index in [0.29, 0.717) is 39.3 Å². The number of hydrogen-bond acceptors (Lipinski definition) is 5. The molecule has 32 heavy (non-hydrogen) atoms. The summed E-state index contributed by atoms with van der Waals surface area (Å²) in [6.45, 7) is 6.45. The third-order valence-corrected chi connectivity index (χ3v) is 6.51. The number of rotatable bonds is 6. The van der Waals surface area contributed by atoms with Crippen molar-refractivity contribution < 1.29 is 19.7 Å². The predicted octanol–water partition coefficient (Wildman–Crippen LogP) is 5.22. The van der Waals surface area contributed by atoms with E-state index < -0.39 is 6.04 Å². The number of aromatic amines is 1. The first-order valence-corrected chi connectivity index (χ1v) is 11.3. The first kappa shape index (κ1) is 22.2. The average Bonchev–Trinajstić information content (AvgIpc) is 3.30. The summed E-state index contributed by atoms with van der Waals surface area (Å²) in [5, 5.41) is 28.5. The number of carbonyl (C=O) groups is 1. The molecule has 1 amide bonds.